The maximum absolute atomic E-state index is 13.0. The Hall–Kier alpha value is -2.32. The number of ether oxygens (including phenoxy) is 2. The molecule has 0 spiro atoms. The quantitative estimate of drug-likeness (QED) is 0.599. The first kappa shape index (κ1) is 17.5. The highest BCUT2D eigenvalue weighted by atomic mass is 79.9. The molecule has 0 N–H and O–H groups in total. The summed E-state index contributed by atoms with van der Waals surface area (Å²) in [5.41, 5.74) is 0.412. The summed E-state index contributed by atoms with van der Waals surface area (Å²) >= 11 is 3.34. The molecule has 0 saturated heterocycles. The van der Waals surface area contributed by atoms with E-state index in [0.29, 0.717) is 16.7 Å². The number of hydrogen-bond acceptors (Lipinski definition) is 5. The van der Waals surface area contributed by atoms with Gasteiger partial charge in [-0.3, -0.25) is 4.79 Å². The van der Waals surface area contributed by atoms with E-state index in [-0.39, 0.29) is 10.6 Å². The largest absolute Gasteiger partial charge is 0.497 e. The minimum Gasteiger partial charge on any atom is -0.497 e. The number of nitrogens with zero attached hydrogens (tertiary/aromatic N) is 1. The number of esters is 1. The maximum atomic E-state index is 13.0. The first-order valence-electron chi connectivity index (χ1n) is 7.21. The number of benzene rings is 2. The lowest BCUT2D eigenvalue weighted by molar-refractivity contribution is -0.131. The van der Waals surface area contributed by atoms with Gasteiger partial charge >= 0.3 is 5.97 Å². The zero-order valence-corrected chi connectivity index (χ0v) is 15.8. The molecule has 0 unspecified atom stereocenters. The maximum Gasteiger partial charge on any atom is 0.308 e. The van der Waals surface area contributed by atoms with Gasteiger partial charge in [-0.05, 0) is 42.5 Å². The van der Waals surface area contributed by atoms with Crippen LogP contribution in [0.3, 0.4) is 0 Å². The molecule has 25 heavy (non-hydrogen) atoms. The van der Waals surface area contributed by atoms with E-state index in [9.17, 15) is 13.2 Å². The van der Waals surface area contributed by atoms with Crippen LogP contribution in [0.5, 0.6) is 11.5 Å². The molecule has 0 bridgehead atoms. The number of halogens is 1. The number of fused-ring (bicyclic) bond motifs is 1. The first-order chi connectivity index (χ1) is 11.8. The number of methoxy groups -OCH3 is 1. The van der Waals surface area contributed by atoms with Gasteiger partial charge in [-0.1, -0.05) is 15.9 Å². The topological polar surface area (TPSA) is 74.6 Å². The fourth-order valence-electron chi connectivity index (χ4n) is 2.44. The molecular weight excluding hydrogens is 410 g/mol. The summed E-state index contributed by atoms with van der Waals surface area (Å²) < 4.78 is 38.1. The lowest BCUT2D eigenvalue weighted by Crippen LogP contribution is -2.11. The van der Waals surface area contributed by atoms with Gasteiger partial charge in [0.1, 0.15) is 5.75 Å². The third-order valence-electron chi connectivity index (χ3n) is 3.57. The Labute approximate surface area is 153 Å². The van der Waals surface area contributed by atoms with Gasteiger partial charge in [-0.2, -0.15) is 0 Å². The van der Waals surface area contributed by atoms with Crippen molar-refractivity contribution >= 4 is 42.8 Å². The Balaban J connectivity index is 2.21. The van der Waals surface area contributed by atoms with Crippen molar-refractivity contribution in [1.82, 2.24) is 3.97 Å². The van der Waals surface area contributed by atoms with Crippen LogP contribution < -0.4 is 9.47 Å². The number of rotatable bonds is 4. The molecule has 130 valence electrons. The van der Waals surface area contributed by atoms with Crippen LogP contribution in [-0.4, -0.2) is 25.5 Å². The molecule has 0 amide bonds. The number of carbonyl (C=O) groups excluding carboxylic acids is 1. The van der Waals surface area contributed by atoms with Crippen LogP contribution in [0, 0.1) is 0 Å². The fraction of sp³-hybridized carbons (Fsp3) is 0.118. The molecular formula is C17H14BrNO5S. The zero-order valence-electron chi connectivity index (χ0n) is 13.4. The van der Waals surface area contributed by atoms with Crippen LogP contribution in [0.4, 0.5) is 0 Å². The molecule has 6 nitrogen and oxygen atoms in total. The van der Waals surface area contributed by atoms with E-state index in [4.69, 9.17) is 9.47 Å². The summed E-state index contributed by atoms with van der Waals surface area (Å²) in [5, 5.41) is 0.515. The zero-order chi connectivity index (χ0) is 18.2. The van der Waals surface area contributed by atoms with Gasteiger partial charge in [-0.15, -0.1) is 0 Å². The van der Waals surface area contributed by atoms with Crippen molar-refractivity contribution in [2.75, 3.05) is 7.11 Å². The number of hydrogen-bond donors (Lipinski definition) is 0. The Kier molecular flexibility index (Phi) is 4.57. The van der Waals surface area contributed by atoms with Gasteiger partial charge in [-0.25, -0.2) is 12.4 Å². The van der Waals surface area contributed by atoms with E-state index in [0.717, 1.165) is 8.45 Å². The van der Waals surface area contributed by atoms with Crippen molar-refractivity contribution in [2.45, 2.75) is 11.8 Å². The second kappa shape index (κ2) is 6.53. The highest BCUT2D eigenvalue weighted by Crippen LogP contribution is 2.33. The SMILES string of the molecule is COc1ccc(S(=O)(=O)n2cc(OC(C)=O)c3cc(Br)ccc32)cc1. The van der Waals surface area contributed by atoms with Gasteiger partial charge in [0.25, 0.3) is 10.0 Å². The number of aromatic nitrogens is 1. The molecule has 3 aromatic rings. The van der Waals surface area contributed by atoms with Crippen molar-refractivity contribution < 1.29 is 22.7 Å². The summed E-state index contributed by atoms with van der Waals surface area (Å²) in [6.07, 6.45) is 1.30. The minimum absolute atomic E-state index is 0.0995. The lowest BCUT2D eigenvalue weighted by Gasteiger charge is -2.08. The molecule has 0 radical (unpaired) electrons. The smallest absolute Gasteiger partial charge is 0.308 e. The van der Waals surface area contributed by atoms with Crippen LogP contribution in [0.25, 0.3) is 10.9 Å². The molecule has 0 aliphatic rings. The molecule has 8 heteroatoms. The lowest BCUT2D eigenvalue weighted by atomic mass is 10.2. The van der Waals surface area contributed by atoms with Gasteiger partial charge in [0.05, 0.1) is 23.7 Å². The van der Waals surface area contributed by atoms with E-state index in [1.54, 1.807) is 30.3 Å². The van der Waals surface area contributed by atoms with Crippen LogP contribution in [0.1, 0.15) is 6.92 Å². The molecule has 0 aliphatic heterocycles. The molecule has 1 aromatic heterocycles. The third-order valence-corrected chi connectivity index (χ3v) is 5.75. The Morgan fingerprint density at radius 3 is 2.40 bits per heavy atom. The van der Waals surface area contributed by atoms with Crippen LogP contribution in [-0.2, 0) is 14.8 Å². The average molecular weight is 424 g/mol. The average Bonchev–Trinajstić information content (AvgIpc) is 2.93. The predicted molar refractivity (Wildman–Crippen MR) is 96.5 cm³/mol. The van der Waals surface area contributed by atoms with E-state index in [2.05, 4.69) is 15.9 Å². The number of carbonyl (C=O) groups is 1. The second-order valence-corrected chi connectivity index (χ2v) is 7.96. The van der Waals surface area contributed by atoms with E-state index in [1.807, 2.05) is 0 Å². The van der Waals surface area contributed by atoms with Crippen LogP contribution in [0.2, 0.25) is 0 Å². The van der Waals surface area contributed by atoms with Crippen LogP contribution in [0.15, 0.2) is 58.0 Å². The van der Waals surface area contributed by atoms with Crippen LogP contribution >= 0.6 is 15.9 Å². The van der Waals surface area contributed by atoms with E-state index in [1.165, 1.54) is 32.4 Å². The molecule has 3 rings (SSSR count). The van der Waals surface area contributed by atoms with Crippen molar-refractivity contribution in [2.24, 2.45) is 0 Å². The summed E-state index contributed by atoms with van der Waals surface area (Å²) in [5.74, 6) is 0.211. The fourth-order valence-corrected chi connectivity index (χ4v) is 4.16. The highest BCUT2D eigenvalue weighted by Gasteiger charge is 2.22. The van der Waals surface area contributed by atoms with E-state index >= 15 is 0 Å². The van der Waals surface area contributed by atoms with Crippen molar-refractivity contribution in [3.05, 3.63) is 53.1 Å². The minimum atomic E-state index is -3.86. The molecule has 0 aliphatic carbocycles. The Morgan fingerprint density at radius 1 is 1.12 bits per heavy atom. The molecule has 0 atom stereocenters. The Morgan fingerprint density at radius 2 is 1.80 bits per heavy atom. The molecule has 0 fully saturated rings. The van der Waals surface area contributed by atoms with Crippen molar-refractivity contribution in [3.63, 3.8) is 0 Å². The molecule has 1 heterocycles. The summed E-state index contributed by atoms with van der Waals surface area (Å²) in [6.45, 7) is 1.26. The van der Waals surface area contributed by atoms with E-state index < -0.39 is 16.0 Å². The van der Waals surface area contributed by atoms with Gasteiger partial charge < -0.3 is 9.47 Å². The van der Waals surface area contributed by atoms with Crippen molar-refractivity contribution in [1.29, 1.82) is 0 Å². The summed E-state index contributed by atoms with van der Waals surface area (Å²) in [7, 11) is -2.36. The summed E-state index contributed by atoms with van der Waals surface area (Å²) in [4.78, 5) is 11.4. The van der Waals surface area contributed by atoms with Gasteiger partial charge in [0, 0.05) is 16.8 Å². The first-order valence-corrected chi connectivity index (χ1v) is 9.45. The summed E-state index contributed by atoms with van der Waals surface area (Å²) in [6, 6.07) is 11.1. The standard InChI is InChI=1S/C17H14BrNO5S/c1-11(20)24-17-10-19(16-8-3-12(18)9-15(16)17)25(21,22)14-6-4-13(23-2)5-7-14/h3-10H,1-2H3. The molecule has 2 aromatic carbocycles. The van der Waals surface area contributed by atoms with Gasteiger partial charge in [0.2, 0.25) is 0 Å². The molecule has 0 saturated carbocycles. The third kappa shape index (κ3) is 3.27. The van der Waals surface area contributed by atoms with Gasteiger partial charge in [0.15, 0.2) is 5.75 Å². The normalized spacial score (nSPS) is 11.5. The second-order valence-electron chi connectivity index (χ2n) is 5.22. The Bertz CT molecular complexity index is 1050. The monoisotopic (exact) mass is 423 g/mol. The highest BCUT2D eigenvalue weighted by molar-refractivity contribution is 9.10. The predicted octanol–water partition coefficient (Wildman–Crippen LogP) is 3.57. The van der Waals surface area contributed by atoms with Crippen molar-refractivity contribution in [3.8, 4) is 11.5 Å².